The van der Waals surface area contributed by atoms with Gasteiger partial charge in [-0.2, -0.15) is 13.5 Å². The molecule has 1 N–H and O–H groups in total. The van der Waals surface area contributed by atoms with Crippen molar-refractivity contribution in [3.05, 3.63) is 28.8 Å². The number of nitrogens with zero attached hydrogens (tertiary/aromatic N) is 1. The third-order valence-corrected chi connectivity index (χ3v) is 7.81. The summed E-state index contributed by atoms with van der Waals surface area (Å²) in [5.74, 6) is 1.76. The van der Waals surface area contributed by atoms with Gasteiger partial charge in [-0.05, 0) is 78.4 Å². The summed E-state index contributed by atoms with van der Waals surface area (Å²) >= 11 is 0. The first kappa shape index (κ1) is 21.4. The minimum atomic E-state index is -3.71. The lowest BCUT2D eigenvalue weighted by atomic mass is 9.70. The fourth-order valence-electron chi connectivity index (χ4n) is 4.66. The second kappa shape index (κ2) is 8.17. The second-order valence-electron chi connectivity index (χ2n) is 9.61. The first-order valence-corrected chi connectivity index (χ1v) is 12.3. The molecule has 5 heteroatoms. The number of benzene rings is 1. The molecule has 3 aliphatic carbocycles. The Labute approximate surface area is 171 Å². The van der Waals surface area contributed by atoms with Crippen molar-refractivity contribution in [3.8, 4) is 0 Å². The topological polar surface area (TPSA) is 58.5 Å². The van der Waals surface area contributed by atoms with Crippen LogP contribution < -0.4 is 4.83 Å². The third kappa shape index (κ3) is 4.29. The van der Waals surface area contributed by atoms with Gasteiger partial charge in [0.1, 0.15) is 0 Å². The summed E-state index contributed by atoms with van der Waals surface area (Å²) in [7, 11) is -3.71. The highest BCUT2D eigenvalue weighted by Crippen LogP contribution is 2.40. The molecule has 1 aromatic rings. The lowest BCUT2D eigenvalue weighted by Gasteiger charge is -2.36. The van der Waals surface area contributed by atoms with E-state index in [1.807, 2.05) is 0 Å². The normalized spacial score (nSPS) is 24.0. The molecule has 1 aromatic carbocycles. The van der Waals surface area contributed by atoms with Crippen LogP contribution in [0, 0.1) is 11.8 Å². The summed E-state index contributed by atoms with van der Waals surface area (Å²) in [6.07, 6.45) is 5.79. The van der Waals surface area contributed by atoms with Crippen LogP contribution in [0.5, 0.6) is 0 Å². The molecule has 0 unspecified atom stereocenters. The van der Waals surface area contributed by atoms with Gasteiger partial charge in [0.05, 0.1) is 4.90 Å². The van der Waals surface area contributed by atoms with E-state index in [9.17, 15) is 8.42 Å². The molecule has 0 spiro atoms. The monoisotopic (exact) mass is 404 g/mol. The fourth-order valence-corrected chi connectivity index (χ4v) is 6.20. The zero-order valence-electron chi connectivity index (χ0n) is 18.2. The summed E-state index contributed by atoms with van der Waals surface area (Å²) in [5, 5.41) is 4.45. The molecule has 0 heterocycles. The van der Waals surface area contributed by atoms with Crippen molar-refractivity contribution < 1.29 is 8.42 Å². The van der Waals surface area contributed by atoms with E-state index in [1.165, 1.54) is 18.4 Å². The maximum Gasteiger partial charge on any atom is 0.277 e. The minimum Gasteiger partial charge on any atom is -0.200 e. The van der Waals surface area contributed by atoms with E-state index in [1.54, 1.807) is 0 Å². The van der Waals surface area contributed by atoms with Gasteiger partial charge in [0.15, 0.2) is 0 Å². The number of sulfonamides is 1. The smallest absolute Gasteiger partial charge is 0.200 e. The SMILES string of the molecule is CC(C)c1cc(C(C)C)c(S(=O)(=O)N/N=C2/CC3CCC2CC3)c(C(C)C)c1. The number of hydrogen-bond acceptors (Lipinski definition) is 3. The quantitative estimate of drug-likeness (QED) is 0.600. The van der Waals surface area contributed by atoms with Gasteiger partial charge in [0, 0.05) is 5.71 Å². The van der Waals surface area contributed by atoms with E-state index in [2.05, 4.69) is 63.6 Å². The Bertz CT molecular complexity index is 816. The maximum absolute atomic E-state index is 13.4. The molecule has 4 rings (SSSR count). The Morgan fingerprint density at radius 3 is 1.82 bits per heavy atom. The predicted molar refractivity (Wildman–Crippen MR) is 117 cm³/mol. The first-order valence-electron chi connectivity index (χ1n) is 10.9. The Kier molecular flexibility index (Phi) is 6.23. The van der Waals surface area contributed by atoms with E-state index >= 15 is 0 Å². The fraction of sp³-hybridized carbons (Fsp3) is 0.696. The van der Waals surface area contributed by atoms with Crippen LogP contribution in [-0.2, 0) is 10.0 Å². The third-order valence-electron chi connectivity index (χ3n) is 6.47. The molecule has 0 aliphatic heterocycles. The van der Waals surface area contributed by atoms with Gasteiger partial charge in [-0.15, -0.1) is 0 Å². The van der Waals surface area contributed by atoms with Gasteiger partial charge in [-0.3, -0.25) is 0 Å². The molecule has 3 fully saturated rings. The number of hydrogen-bond donors (Lipinski definition) is 1. The molecule has 3 saturated carbocycles. The molecule has 0 saturated heterocycles. The molecule has 0 radical (unpaired) electrons. The standard InChI is InChI=1S/C23H36N2O2S/c1-14(2)19-12-20(15(3)4)23(21(13-19)16(5)6)28(26,27)25-24-22-11-17-7-9-18(22)10-8-17/h12-18,25H,7-11H2,1-6H3/b24-22-. The molecule has 0 aromatic heterocycles. The highest BCUT2D eigenvalue weighted by atomic mass is 32.2. The van der Waals surface area contributed by atoms with Crippen LogP contribution in [0.3, 0.4) is 0 Å². The molecule has 156 valence electrons. The molecule has 2 bridgehead atoms. The van der Waals surface area contributed by atoms with Crippen LogP contribution in [-0.4, -0.2) is 14.1 Å². The van der Waals surface area contributed by atoms with Crippen LogP contribution in [0.25, 0.3) is 0 Å². The zero-order chi connectivity index (χ0) is 20.6. The average molecular weight is 405 g/mol. The van der Waals surface area contributed by atoms with Crippen molar-refractivity contribution in [2.75, 3.05) is 0 Å². The summed E-state index contributed by atoms with van der Waals surface area (Å²) in [4.78, 5) is 3.07. The van der Waals surface area contributed by atoms with Crippen molar-refractivity contribution in [3.63, 3.8) is 0 Å². The van der Waals surface area contributed by atoms with E-state index in [0.29, 0.717) is 22.6 Å². The van der Waals surface area contributed by atoms with Gasteiger partial charge in [0.2, 0.25) is 0 Å². The molecular weight excluding hydrogens is 368 g/mol. The molecule has 0 amide bonds. The number of hydrazone groups is 1. The van der Waals surface area contributed by atoms with E-state index in [0.717, 1.165) is 36.1 Å². The van der Waals surface area contributed by atoms with E-state index in [4.69, 9.17) is 0 Å². The largest absolute Gasteiger partial charge is 0.277 e. The van der Waals surface area contributed by atoms with E-state index in [-0.39, 0.29) is 11.8 Å². The lowest BCUT2D eigenvalue weighted by molar-refractivity contribution is 0.287. The number of fused-ring (bicyclic) bond motifs is 3. The van der Waals surface area contributed by atoms with Crippen molar-refractivity contribution in [1.29, 1.82) is 0 Å². The van der Waals surface area contributed by atoms with Gasteiger partial charge >= 0.3 is 0 Å². The van der Waals surface area contributed by atoms with Crippen LogP contribution in [0.15, 0.2) is 22.1 Å². The minimum absolute atomic E-state index is 0.126. The van der Waals surface area contributed by atoms with E-state index < -0.39 is 10.0 Å². The summed E-state index contributed by atoms with van der Waals surface area (Å²) < 4.78 is 26.8. The van der Waals surface area contributed by atoms with Gasteiger partial charge < -0.3 is 0 Å². The molecular formula is C23H36N2O2S. The zero-order valence-corrected chi connectivity index (χ0v) is 19.1. The van der Waals surface area contributed by atoms with Crippen LogP contribution >= 0.6 is 0 Å². The Hall–Kier alpha value is -1.36. The van der Waals surface area contributed by atoms with Gasteiger partial charge in [0.25, 0.3) is 10.0 Å². The second-order valence-corrected chi connectivity index (χ2v) is 11.2. The predicted octanol–water partition coefficient (Wildman–Crippen LogP) is 5.90. The average Bonchev–Trinajstić information content (AvgIpc) is 2.66. The summed E-state index contributed by atoms with van der Waals surface area (Å²) in [5.41, 5.74) is 4.05. The highest BCUT2D eigenvalue weighted by Gasteiger charge is 2.33. The first-order chi connectivity index (χ1) is 13.1. The van der Waals surface area contributed by atoms with Crippen LogP contribution in [0.1, 0.15) is 108 Å². The van der Waals surface area contributed by atoms with Crippen molar-refractivity contribution in [1.82, 2.24) is 4.83 Å². The summed E-state index contributed by atoms with van der Waals surface area (Å²) in [6.45, 7) is 12.6. The molecule has 0 atom stereocenters. The molecule has 3 aliphatic rings. The van der Waals surface area contributed by atoms with Crippen molar-refractivity contribution >= 4 is 15.7 Å². The number of nitrogens with one attached hydrogen (secondary N) is 1. The maximum atomic E-state index is 13.4. The van der Waals surface area contributed by atoms with Crippen LogP contribution in [0.4, 0.5) is 0 Å². The Morgan fingerprint density at radius 1 is 0.893 bits per heavy atom. The van der Waals surface area contributed by atoms with Gasteiger partial charge in [-0.25, -0.2) is 4.83 Å². The van der Waals surface area contributed by atoms with Gasteiger partial charge in [-0.1, -0.05) is 53.7 Å². The Balaban J connectivity index is 2.02. The van der Waals surface area contributed by atoms with Crippen molar-refractivity contribution in [2.24, 2.45) is 16.9 Å². The molecule has 4 nitrogen and oxygen atoms in total. The van der Waals surface area contributed by atoms with Crippen LogP contribution in [0.2, 0.25) is 0 Å². The van der Waals surface area contributed by atoms with Crippen molar-refractivity contribution in [2.45, 2.75) is 96.3 Å². The lowest BCUT2D eigenvalue weighted by Crippen LogP contribution is -2.34. The highest BCUT2D eigenvalue weighted by molar-refractivity contribution is 7.89. The summed E-state index contributed by atoms with van der Waals surface area (Å²) in [6, 6.07) is 4.15. The Morgan fingerprint density at radius 2 is 1.43 bits per heavy atom. The molecule has 28 heavy (non-hydrogen) atoms. The number of rotatable bonds is 6.